The molecular formula is C36H43N5O. The van der Waals surface area contributed by atoms with Gasteiger partial charge in [-0.1, -0.05) is 61.9 Å². The van der Waals surface area contributed by atoms with Crippen molar-refractivity contribution in [1.82, 2.24) is 20.1 Å². The molecule has 1 atom stereocenters. The van der Waals surface area contributed by atoms with E-state index in [0.29, 0.717) is 11.1 Å². The molecule has 3 aromatic carbocycles. The van der Waals surface area contributed by atoms with Crippen molar-refractivity contribution in [3.63, 3.8) is 0 Å². The molecule has 1 N–H and O–H groups in total. The molecule has 218 valence electrons. The summed E-state index contributed by atoms with van der Waals surface area (Å²) in [5.74, 6) is 0.0557. The van der Waals surface area contributed by atoms with Crippen LogP contribution in [0.3, 0.4) is 0 Å². The molecule has 1 aliphatic heterocycles. The van der Waals surface area contributed by atoms with Crippen LogP contribution in [-0.2, 0) is 6.54 Å². The Morgan fingerprint density at radius 1 is 1.02 bits per heavy atom. The number of hydrogen-bond donors (Lipinski definition) is 1. The van der Waals surface area contributed by atoms with Gasteiger partial charge in [-0.3, -0.25) is 9.78 Å². The van der Waals surface area contributed by atoms with Crippen LogP contribution in [0.25, 0.3) is 22.0 Å². The lowest BCUT2D eigenvalue weighted by Gasteiger charge is -2.32. The Kier molecular flexibility index (Phi) is 11.2. The summed E-state index contributed by atoms with van der Waals surface area (Å²) in [7, 11) is 3.90. The van der Waals surface area contributed by atoms with Crippen LogP contribution in [0.2, 0.25) is 0 Å². The summed E-state index contributed by atoms with van der Waals surface area (Å²) in [6.07, 6.45) is 4.55. The molecule has 5 rings (SSSR count). The number of nitriles is 1. The van der Waals surface area contributed by atoms with Gasteiger partial charge >= 0.3 is 0 Å². The molecule has 1 aromatic heterocycles. The van der Waals surface area contributed by atoms with E-state index in [9.17, 15) is 4.79 Å². The highest BCUT2D eigenvalue weighted by Crippen LogP contribution is 2.28. The van der Waals surface area contributed by atoms with Gasteiger partial charge in [-0.2, -0.15) is 5.26 Å². The quantitative estimate of drug-likeness (QED) is 0.243. The molecule has 0 saturated carbocycles. The predicted octanol–water partition coefficient (Wildman–Crippen LogP) is 6.82. The molecule has 1 saturated heterocycles. The Balaban J connectivity index is 0.000000385. The van der Waals surface area contributed by atoms with Gasteiger partial charge in [0.05, 0.1) is 22.7 Å². The first-order chi connectivity index (χ1) is 20.4. The Hall–Kier alpha value is -4.05. The number of benzene rings is 3. The van der Waals surface area contributed by atoms with E-state index in [1.54, 1.807) is 0 Å². The summed E-state index contributed by atoms with van der Waals surface area (Å²) < 4.78 is 0. The number of pyridine rings is 1. The van der Waals surface area contributed by atoms with Crippen LogP contribution in [-0.4, -0.2) is 60.5 Å². The van der Waals surface area contributed by atoms with Gasteiger partial charge in [0.1, 0.15) is 0 Å². The van der Waals surface area contributed by atoms with Crippen molar-refractivity contribution in [2.75, 3.05) is 33.7 Å². The number of nitrogens with zero attached hydrogens (tertiary/aromatic N) is 4. The summed E-state index contributed by atoms with van der Waals surface area (Å²) in [6.45, 7) is 8.29. The minimum atomic E-state index is 0.0557. The highest BCUT2D eigenvalue weighted by molar-refractivity contribution is 6.07. The molecule has 1 aliphatic rings. The molecule has 42 heavy (non-hydrogen) atoms. The molecule has 6 heteroatoms. The molecule has 0 radical (unpaired) electrons. The van der Waals surface area contributed by atoms with Crippen LogP contribution in [0.4, 0.5) is 0 Å². The van der Waals surface area contributed by atoms with Gasteiger partial charge in [0.2, 0.25) is 0 Å². The molecule has 1 unspecified atom stereocenters. The number of amides is 1. The van der Waals surface area contributed by atoms with Crippen LogP contribution in [0.5, 0.6) is 0 Å². The van der Waals surface area contributed by atoms with Gasteiger partial charge in [0.25, 0.3) is 5.91 Å². The first-order valence-electron chi connectivity index (χ1n) is 15.0. The van der Waals surface area contributed by atoms with E-state index in [0.717, 1.165) is 66.7 Å². The lowest BCUT2D eigenvalue weighted by molar-refractivity contribution is 0.0689. The van der Waals surface area contributed by atoms with Crippen LogP contribution in [0.15, 0.2) is 78.9 Å². The first kappa shape index (κ1) is 30.9. The maximum absolute atomic E-state index is 13.8. The third kappa shape index (κ3) is 8.03. The van der Waals surface area contributed by atoms with Gasteiger partial charge in [-0.05, 0) is 93.3 Å². The monoisotopic (exact) mass is 561 g/mol. The first-order valence-corrected chi connectivity index (χ1v) is 15.0. The minimum absolute atomic E-state index is 0.0557. The average molecular weight is 562 g/mol. The number of aryl methyl sites for hydroxylation is 1. The summed E-state index contributed by atoms with van der Waals surface area (Å²) in [5.41, 5.74) is 6.37. The number of likely N-dealkylation sites (tertiary alicyclic amines) is 1. The zero-order valence-corrected chi connectivity index (χ0v) is 25.4. The zero-order chi connectivity index (χ0) is 29.9. The molecule has 0 spiro atoms. The van der Waals surface area contributed by atoms with Crippen molar-refractivity contribution < 1.29 is 4.79 Å². The van der Waals surface area contributed by atoms with Gasteiger partial charge < -0.3 is 15.1 Å². The van der Waals surface area contributed by atoms with Crippen molar-refractivity contribution >= 4 is 16.8 Å². The smallest absolute Gasteiger partial charge is 0.254 e. The van der Waals surface area contributed by atoms with Crippen molar-refractivity contribution in [1.29, 1.82) is 5.26 Å². The van der Waals surface area contributed by atoms with E-state index >= 15 is 0 Å². The Bertz CT molecular complexity index is 1490. The summed E-state index contributed by atoms with van der Waals surface area (Å²) in [5, 5.41) is 13.0. The lowest BCUT2D eigenvalue weighted by Crippen LogP contribution is -2.44. The largest absolute Gasteiger partial charge is 0.337 e. The van der Waals surface area contributed by atoms with E-state index in [2.05, 4.69) is 46.4 Å². The van der Waals surface area contributed by atoms with Crippen molar-refractivity contribution in [2.24, 2.45) is 0 Å². The number of rotatable bonds is 9. The minimum Gasteiger partial charge on any atom is -0.337 e. The lowest BCUT2D eigenvalue weighted by atomic mass is 9.98. The van der Waals surface area contributed by atoms with E-state index in [-0.39, 0.29) is 11.9 Å². The summed E-state index contributed by atoms with van der Waals surface area (Å²) in [4.78, 5) is 22.9. The number of carbonyl (C=O) groups is 1. The maximum atomic E-state index is 13.8. The number of carbonyl (C=O) groups excluding carboxylic acids is 1. The van der Waals surface area contributed by atoms with Crippen LogP contribution < -0.4 is 5.32 Å². The molecule has 1 fully saturated rings. The van der Waals surface area contributed by atoms with Crippen molar-refractivity contribution in [3.8, 4) is 17.2 Å². The molecule has 6 nitrogen and oxygen atoms in total. The van der Waals surface area contributed by atoms with Crippen LogP contribution in [0, 0.1) is 18.3 Å². The zero-order valence-electron chi connectivity index (χ0n) is 25.4. The number of likely N-dealkylation sites (N-methyl/N-ethyl adjacent to an activating group) is 1. The predicted molar refractivity (Wildman–Crippen MR) is 172 cm³/mol. The Morgan fingerprint density at radius 3 is 2.36 bits per heavy atom. The van der Waals surface area contributed by atoms with Crippen LogP contribution in [0.1, 0.15) is 59.8 Å². The summed E-state index contributed by atoms with van der Waals surface area (Å²) in [6, 6.07) is 28.2. The van der Waals surface area contributed by atoms with Crippen LogP contribution >= 0.6 is 0 Å². The normalized spacial score (nSPS) is 13.7. The molecule has 2 heterocycles. The third-order valence-corrected chi connectivity index (χ3v) is 7.90. The van der Waals surface area contributed by atoms with E-state index < -0.39 is 0 Å². The Morgan fingerprint density at radius 2 is 1.71 bits per heavy atom. The highest BCUT2D eigenvalue weighted by atomic mass is 16.2. The van der Waals surface area contributed by atoms with Gasteiger partial charge in [-0.25, -0.2) is 0 Å². The second-order valence-corrected chi connectivity index (χ2v) is 11.1. The highest BCUT2D eigenvalue weighted by Gasteiger charge is 2.26. The number of fused-ring (bicyclic) bond motifs is 1. The molecule has 1 amide bonds. The maximum Gasteiger partial charge on any atom is 0.254 e. The van der Waals surface area contributed by atoms with E-state index in [1.807, 2.05) is 86.6 Å². The molecule has 4 aromatic rings. The second kappa shape index (κ2) is 15.3. The third-order valence-electron chi connectivity index (χ3n) is 7.90. The standard InChI is InChI=1S/C28H32N4O.C8H11N/c1-4-7-24(19-32-14-5-6-15-32)31(3)28(33)26-16-20(2)30-27-13-12-23(17-25(26)27)22-10-8-21(18-29)9-11-22;1-9-7-8-5-3-2-4-6-8/h8-13,16-17,24H,4-7,14-15,19H2,1-3H3;2-6,9H,7H2,1H3. The SMILES string of the molecule is CCCC(CN1CCCC1)N(C)C(=O)c1cc(C)nc2ccc(-c3ccc(C#N)cc3)cc12.CNCc1ccccc1. The van der Waals surface area contributed by atoms with Crippen molar-refractivity contribution in [2.45, 2.75) is 52.1 Å². The Labute approximate surface area is 251 Å². The number of nitrogens with one attached hydrogen (secondary N) is 1. The van der Waals surface area contributed by atoms with Crippen molar-refractivity contribution in [3.05, 3.63) is 101 Å². The molecule has 0 bridgehead atoms. The van der Waals surface area contributed by atoms with Gasteiger partial charge in [-0.15, -0.1) is 0 Å². The average Bonchev–Trinajstić information content (AvgIpc) is 3.54. The number of aromatic nitrogens is 1. The fourth-order valence-electron chi connectivity index (χ4n) is 5.61. The van der Waals surface area contributed by atoms with Gasteiger partial charge in [0, 0.05) is 37.3 Å². The van der Waals surface area contributed by atoms with Gasteiger partial charge in [0.15, 0.2) is 0 Å². The molecule has 0 aliphatic carbocycles. The fourth-order valence-corrected chi connectivity index (χ4v) is 5.61. The van der Waals surface area contributed by atoms with E-state index in [4.69, 9.17) is 5.26 Å². The topological polar surface area (TPSA) is 72.3 Å². The number of hydrogen-bond acceptors (Lipinski definition) is 5. The molecular weight excluding hydrogens is 518 g/mol. The second-order valence-electron chi connectivity index (χ2n) is 11.1. The van der Waals surface area contributed by atoms with E-state index in [1.165, 1.54) is 18.4 Å². The fraction of sp³-hybridized carbons (Fsp3) is 0.361. The summed E-state index contributed by atoms with van der Waals surface area (Å²) >= 11 is 0.